The Morgan fingerprint density at radius 1 is 0.490 bits per heavy atom. The number of nitro groups is 2. The Morgan fingerprint density at radius 3 is 1.18 bits per heavy atom. The minimum Gasteiger partial charge on any atom is -0.415 e. The van der Waals surface area contributed by atoms with Crippen LogP contribution in [0.25, 0.3) is 0 Å². The van der Waals surface area contributed by atoms with E-state index in [1.807, 2.05) is 27.2 Å². The molecule has 1 amide bonds. The van der Waals surface area contributed by atoms with Crippen LogP contribution in [0.1, 0.15) is 98.8 Å². The van der Waals surface area contributed by atoms with E-state index in [0.29, 0.717) is 41.0 Å². The molecule has 0 spiro atoms. The van der Waals surface area contributed by atoms with Gasteiger partial charge in [-0.15, -0.1) is 0 Å². The Labute approximate surface area is 609 Å². The monoisotopic (exact) mass is 1540 g/mol. The topological polar surface area (TPSA) is 252 Å². The number of hydrogen-bond donors (Lipinski definition) is 6. The van der Waals surface area contributed by atoms with E-state index >= 15 is 0 Å². The number of non-ortho nitro benzene ring substituents is 2. The van der Waals surface area contributed by atoms with Gasteiger partial charge in [0.25, 0.3) is 11.4 Å². The van der Waals surface area contributed by atoms with E-state index in [9.17, 15) is 82.5 Å². The van der Waals surface area contributed by atoms with Crippen LogP contribution in [0.3, 0.4) is 0 Å². The third-order valence-electron chi connectivity index (χ3n) is 15.6. The Kier molecular flexibility index (Phi) is 27.1. The zero-order chi connectivity index (χ0) is 90.1. The number of para-hydroxylation sites is 2. The van der Waals surface area contributed by atoms with E-state index in [0.717, 1.165) is 126 Å². The van der Waals surface area contributed by atoms with Crippen molar-refractivity contribution in [2.75, 3.05) is 108 Å². The molecule has 0 saturated carbocycles. The number of benzene rings is 6. The van der Waals surface area contributed by atoms with Crippen molar-refractivity contribution in [1.29, 1.82) is 0 Å². The fourth-order valence-electron chi connectivity index (χ4n) is 10.2. The third-order valence-corrected chi connectivity index (χ3v) is 16.1. The quantitative estimate of drug-likeness (QED) is 0.0232. The van der Waals surface area contributed by atoms with Crippen LogP contribution in [0, 0.1) is 20.2 Å². The van der Waals surface area contributed by atoms with Crippen LogP contribution >= 0.6 is 27.5 Å². The summed E-state index contributed by atoms with van der Waals surface area (Å²) in [5, 5.41) is 32.7. The highest BCUT2D eigenvalue weighted by Crippen LogP contribution is 2.38. The molecule has 4 heterocycles. The first-order chi connectivity index (χ1) is 54.8. The maximum absolute atomic E-state index is 13.3. The molecule has 34 heteroatoms. The number of ether oxygens (including phenoxy) is 2. The summed E-state index contributed by atoms with van der Waals surface area (Å²) >= 11 is 7.72. The Morgan fingerprint density at radius 2 is 0.810 bits per heavy atom. The van der Waals surface area contributed by atoms with Gasteiger partial charge in [0.05, 0.1) is 32.1 Å². The molecule has 0 bridgehead atoms. The van der Waals surface area contributed by atoms with E-state index in [4.69, 9.17) is 51.6 Å². The van der Waals surface area contributed by atoms with Crippen molar-refractivity contribution in [3.05, 3.63) is 180 Å². The van der Waals surface area contributed by atoms with Gasteiger partial charge in [-0.05, 0) is 205 Å². The van der Waals surface area contributed by atoms with Gasteiger partial charge in [0, 0.05) is 118 Å². The van der Waals surface area contributed by atoms with Gasteiger partial charge in [0.1, 0.15) is 11.5 Å². The van der Waals surface area contributed by atoms with Crippen LogP contribution in [-0.4, -0.2) is 146 Å². The average Bonchev–Trinajstić information content (AvgIpc) is 0.836. The molecule has 0 radical (unpaired) electrons. The minimum absolute atomic E-state index is 0. The van der Waals surface area contributed by atoms with Crippen LogP contribution in [0.4, 0.5) is 102 Å². The zero-order valence-electron chi connectivity index (χ0n) is 70.7. The summed E-state index contributed by atoms with van der Waals surface area (Å²) in [6.07, 6.45) is -11.5. The van der Waals surface area contributed by atoms with Crippen LogP contribution in [0.15, 0.2) is 138 Å². The molecule has 6 aromatic rings. The van der Waals surface area contributed by atoms with Crippen molar-refractivity contribution in [1.82, 2.24) is 19.6 Å². The highest BCUT2D eigenvalue weighted by Gasteiger charge is 2.36. The number of amides is 1. The highest BCUT2D eigenvalue weighted by atomic mass is 79.9. The highest BCUT2D eigenvalue weighted by molar-refractivity contribution is 9.10. The van der Waals surface area contributed by atoms with Gasteiger partial charge in [-0.2, -0.15) is 52.7 Å². The van der Waals surface area contributed by atoms with Crippen LogP contribution in [-0.2, 0) is 24.7 Å². The number of anilines is 5. The molecule has 4 aliphatic rings. The summed E-state index contributed by atoms with van der Waals surface area (Å²) in [4.78, 5) is 50.4. The van der Waals surface area contributed by atoms with Crippen LogP contribution in [0.5, 0.6) is 11.5 Å². The van der Waals surface area contributed by atoms with Crippen molar-refractivity contribution in [2.24, 2.45) is 5.73 Å². The van der Waals surface area contributed by atoms with E-state index in [1.165, 1.54) is 32.0 Å². The molecule has 6 aromatic carbocycles. The van der Waals surface area contributed by atoms with E-state index in [1.54, 1.807) is 60.7 Å². The van der Waals surface area contributed by atoms with Crippen molar-refractivity contribution < 1.29 is 107 Å². The van der Waals surface area contributed by atoms with Crippen LogP contribution in [0.2, 0.25) is 0 Å². The molecule has 566 valence electrons. The predicted octanol–water partition coefficient (Wildman–Crippen LogP) is 18.8. The number of nitrogens with one attached hydrogen (secondary N) is 4. The van der Waals surface area contributed by atoms with Crippen molar-refractivity contribution >= 4 is 78.9 Å². The number of hydrogen-bond acceptors (Lipinski definition) is 17. The summed E-state index contributed by atoms with van der Waals surface area (Å²) in [7, 11) is 8.18. The number of piperidine rings is 4. The van der Waals surface area contributed by atoms with Crippen molar-refractivity contribution in [2.45, 2.75) is 100 Å². The first kappa shape index (κ1) is 70.2. The Hall–Kier alpha value is -8.21. The second kappa shape index (κ2) is 38.6. The number of nitro benzene ring substituents is 2. The normalized spacial score (nSPS) is 16.9. The number of nitrogens with two attached hydrogens (primary N) is 2. The summed E-state index contributed by atoms with van der Waals surface area (Å²) in [5.74, 6) is 0.763. The fourth-order valence-corrected chi connectivity index (χ4v) is 10.7. The largest absolute Gasteiger partial charge is 0.417 e. The van der Waals surface area contributed by atoms with Crippen LogP contribution < -0.4 is 42.2 Å². The Bertz CT molecular complexity index is 3620. The molecule has 0 aromatic heterocycles. The molecule has 4 fully saturated rings. The SMILES string of the molecule is CN1CCC(N)CC1.CN1CCC(Nc2cc(N)cc(C(F)(F)F)c2)CC1.CN1CCC(Nc2cc(NC(=O)Oc3ccccc3)cc(C(F)(F)F)c2)CC1.CN1CCC(Nc2cc([N+](=O)[O-])cc(C(F)(F)F)c2)CC1.O=C(Cl)Oc1ccccc1.O=[N+]([O-])c1cc(Br)cc(C(F)(F)F)c1.[2HH].[2H][2H].[2H][2H].[2H][2H].[2H][2H].[2H][2H].[2H][2H].[2H][2H].[2H][2H]. The molecular formula is C66H96BrClF12N12O8. The molecule has 0 atom stereocenters. The van der Waals surface area contributed by atoms with E-state index < -0.39 is 79.7 Å². The molecule has 0 aliphatic carbocycles. The molecule has 8 N–H and O–H groups in total. The second-order valence-corrected chi connectivity index (χ2v) is 25.1. The first-order valence-corrected chi connectivity index (χ1v) is 32.3. The van der Waals surface area contributed by atoms with Crippen molar-refractivity contribution in [3.8, 4) is 11.5 Å². The number of carbonyl (C=O) groups excluding carboxylic acids is 2. The number of halogens is 14. The second-order valence-electron chi connectivity index (χ2n) is 23.9. The zero-order valence-corrected chi connectivity index (χ0v) is 57.1. The van der Waals surface area contributed by atoms with Gasteiger partial charge < -0.3 is 56.5 Å². The predicted molar refractivity (Wildman–Crippen MR) is 382 cm³/mol. The van der Waals surface area contributed by atoms with E-state index in [2.05, 4.69) is 68.6 Å². The fraction of sp³-hybridized carbons (Fsp3) is 0.424. The Balaban J connectivity index is -0.000000427. The number of nitrogens with zero attached hydrogens (tertiary/aromatic N) is 6. The molecule has 20 nitrogen and oxygen atoms in total. The standard InChI is InChI=1S/C20H22F3N3O2.C13H16F3N3O2.C13H18F3N3.C7H3BrF3NO2.C7H5ClO2.C6H14N2.9H2/c1-26-9-7-15(8-10-26)24-16-11-14(20(21,22)23)12-17(13-16)25-19(27)28-18-5-3-2-4-6-18;1-18-4-2-10(3-5-18)17-11-6-9(13(14,15)16)7-12(8-11)19(20)21;1-19-4-2-11(3-5-19)18-12-7-9(13(14,15)16)6-10(17)8-12;8-5-1-4(7(9,10)11)2-6(3-5)12(13)14;8-7(9)10-6-4-2-1-3-5-6;1-8-4-2-6(7)3-5-8;;;;;;;;;/h2-6,11-13,15,24H,7-10H2,1H3,(H,25,27);6-8,10,17H,2-5H2,1H3;6-8,11,18H,2-5,17H2,1H3;1-3H;1-5H;6H,2-5,7H2,1H3;9*1H/i;;;;;;8*1+1D;1+1. The smallest absolute Gasteiger partial charge is 0.415 e. The molecule has 4 aliphatic heterocycles. The third kappa shape index (κ3) is 30.7. The van der Waals surface area contributed by atoms with E-state index in [-0.39, 0.29) is 41.1 Å². The lowest BCUT2D eigenvalue weighted by Gasteiger charge is -2.30. The number of nitrogen functional groups attached to an aromatic ring is 1. The lowest BCUT2D eigenvalue weighted by atomic mass is 10.0. The number of alkyl halides is 12. The van der Waals surface area contributed by atoms with Gasteiger partial charge in [0.15, 0.2) is 0 Å². The van der Waals surface area contributed by atoms with Gasteiger partial charge in [-0.3, -0.25) is 25.5 Å². The maximum atomic E-state index is 13.3. The number of rotatable bonds is 11. The molecular weight excluding hydrogens is 1430 g/mol. The van der Waals surface area contributed by atoms with Gasteiger partial charge in [-0.1, -0.05) is 52.3 Å². The van der Waals surface area contributed by atoms with Gasteiger partial charge in [0.2, 0.25) is 0 Å². The maximum Gasteiger partial charge on any atom is 0.417 e. The summed E-state index contributed by atoms with van der Waals surface area (Å²) in [6.45, 7) is 7.72. The molecule has 0 unspecified atom stereocenters. The average molecular weight is 1550 g/mol. The molecule has 10 rings (SSSR count). The summed E-state index contributed by atoms with van der Waals surface area (Å²) in [5.41, 5.74) is 6.72. The van der Waals surface area contributed by atoms with Crippen molar-refractivity contribution in [3.63, 3.8) is 0 Å². The number of carbonyl (C=O) groups is 2. The summed E-state index contributed by atoms with van der Waals surface area (Å²) in [6, 6.07) is 29.7. The molecule has 4 saturated heterocycles. The first-order valence-electron chi connectivity index (χ1n) is 39.1. The lowest BCUT2D eigenvalue weighted by molar-refractivity contribution is -0.385. The number of likely N-dealkylation sites (tertiary alicyclic amines) is 4. The minimum atomic E-state index is -4.60. The van der Waals surface area contributed by atoms with Gasteiger partial charge >= 0.3 is 36.2 Å². The lowest BCUT2D eigenvalue weighted by Crippen LogP contribution is -2.37. The summed E-state index contributed by atoms with van der Waals surface area (Å²) < 4.78 is 242. The molecule has 100 heavy (non-hydrogen) atoms. The van der Waals surface area contributed by atoms with Gasteiger partial charge in [-0.25, -0.2) is 9.59 Å².